The second-order valence-electron chi connectivity index (χ2n) is 6.92. The van der Waals surface area contributed by atoms with Crippen molar-refractivity contribution in [2.45, 2.75) is 31.7 Å². The van der Waals surface area contributed by atoms with Crippen LogP contribution in [0.4, 0.5) is 10.1 Å². The van der Waals surface area contributed by atoms with Gasteiger partial charge in [-0.1, -0.05) is 30.3 Å². The van der Waals surface area contributed by atoms with E-state index in [1.54, 1.807) is 12.1 Å². The van der Waals surface area contributed by atoms with Crippen LogP contribution in [0.25, 0.3) is 5.70 Å². The first-order valence-electron chi connectivity index (χ1n) is 9.56. The molecule has 1 aliphatic heterocycles. The predicted molar refractivity (Wildman–Crippen MR) is 107 cm³/mol. The number of hydrogen-bond donors (Lipinski definition) is 1. The van der Waals surface area contributed by atoms with E-state index in [1.807, 2.05) is 41.5 Å². The van der Waals surface area contributed by atoms with E-state index in [0.717, 1.165) is 61.6 Å². The minimum atomic E-state index is -0.247. The molecule has 0 spiro atoms. The summed E-state index contributed by atoms with van der Waals surface area (Å²) in [5.74, 6) is 0.606. The smallest absolute Gasteiger partial charge is 0.150 e. The molecule has 0 atom stereocenters. The zero-order valence-corrected chi connectivity index (χ0v) is 15.3. The van der Waals surface area contributed by atoms with Crippen molar-refractivity contribution in [3.8, 4) is 0 Å². The fourth-order valence-electron chi connectivity index (χ4n) is 2.97. The molecule has 140 valence electrons. The molecule has 0 bridgehead atoms. The largest absolute Gasteiger partial charge is 0.355 e. The molecular weight excluding hydrogens is 341 g/mol. The van der Waals surface area contributed by atoms with Gasteiger partial charge in [0.1, 0.15) is 11.7 Å². The Morgan fingerprint density at radius 2 is 1.85 bits per heavy atom. The van der Waals surface area contributed by atoms with Gasteiger partial charge in [0.2, 0.25) is 0 Å². The van der Waals surface area contributed by atoms with Crippen LogP contribution in [0.15, 0.2) is 65.7 Å². The van der Waals surface area contributed by atoms with Crippen LogP contribution in [-0.2, 0) is 4.84 Å². The van der Waals surface area contributed by atoms with Gasteiger partial charge in [-0.15, -0.1) is 0 Å². The lowest BCUT2D eigenvalue weighted by molar-refractivity contribution is -0.122. The maximum atomic E-state index is 13.3. The molecule has 2 fully saturated rings. The highest BCUT2D eigenvalue weighted by atomic mass is 19.1. The fraction of sp³-hybridized carbons (Fsp3) is 0.318. The van der Waals surface area contributed by atoms with Crippen LogP contribution in [0.5, 0.6) is 0 Å². The number of amidine groups is 1. The Hall–Kier alpha value is -2.66. The molecular formula is C22H24FN3O. The van der Waals surface area contributed by atoms with E-state index in [-0.39, 0.29) is 5.82 Å². The highest BCUT2D eigenvalue weighted by Crippen LogP contribution is 2.26. The highest BCUT2D eigenvalue weighted by Gasteiger charge is 2.24. The molecule has 1 heterocycles. The van der Waals surface area contributed by atoms with Gasteiger partial charge >= 0.3 is 0 Å². The monoisotopic (exact) mass is 365 g/mol. The molecule has 0 unspecified atom stereocenters. The van der Waals surface area contributed by atoms with E-state index in [4.69, 9.17) is 9.83 Å². The molecule has 2 aromatic rings. The number of aliphatic imine (C=N–C) groups is 1. The van der Waals surface area contributed by atoms with E-state index in [0.29, 0.717) is 6.04 Å². The number of nitrogens with one attached hydrogen (secondary N) is 1. The van der Waals surface area contributed by atoms with Gasteiger partial charge in [-0.2, -0.15) is 0 Å². The van der Waals surface area contributed by atoms with Crippen molar-refractivity contribution in [3.05, 3.63) is 72.1 Å². The van der Waals surface area contributed by atoms with Gasteiger partial charge in [0.15, 0.2) is 0 Å². The van der Waals surface area contributed by atoms with Gasteiger partial charge in [-0.25, -0.2) is 9.45 Å². The Bertz CT molecular complexity index is 807. The summed E-state index contributed by atoms with van der Waals surface area (Å²) in [6, 6.07) is 16.9. The zero-order valence-electron chi connectivity index (χ0n) is 15.3. The summed E-state index contributed by atoms with van der Waals surface area (Å²) in [6.45, 7) is 1.57. The third-order valence-electron chi connectivity index (χ3n) is 4.60. The predicted octanol–water partition coefficient (Wildman–Crippen LogP) is 4.87. The number of benzene rings is 2. The third-order valence-corrected chi connectivity index (χ3v) is 4.60. The van der Waals surface area contributed by atoms with Crippen molar-refractivity contribution < 1.29 is 9.23 Å². The number of rotatable bonds is 5. The molecule has 0 amide bonds. The first-order chi connectivity index (χ1) is 13.3. The molecule has 1 N–H and O–H groups in total. The molecule has 2 aromatic carbocycles. The van der Waals surface area contributed by atoms with Crippen LogP contribution in [0.2, 0.25) is 0 Å². The Kier molecular flexibility index (Phi) is 5.49. The molecule has 4 rings (SSSR count). The summed E-state index contributed by atoms with van der Waals surface area (Å²) in [7, 11) is 0. The first-order valence-corrected chi connectivity index (χ1v) is 9.56. The van der Waals surface area contributed by atoms with Crippen molar-refractivity contribution >= 4 is 17.2 Å². The van der Waals surface area contributed by atoms with Crippen molar-refractivity contribution in [3.63, 3.8) is 0 Å². The maximum Gasteiger partial charge on any atom is 0.150 e. The van der Waals surface area contributed by atoms with Crippen LogP contribution in [-0.4, -0.2) is 30.1 Å². The second-order valence-corrected chi connectivity index (χ2v) is 6.92. The van der Waals surface area contributed by atoms with Crippen molar-refractivity contribution in [1.82, 2.24) is 5.06 Å². The van der Waals surface area contributed by atoms with E-state index >= 15 is 0 Å². The Balaban J connectivity index is 1.67. The van der Waals surface area contributed by atoms with Crippen LogP contribution in [0.1, 0.15) is 31.2 Å². The summed E-state index contributed by atoms with van der Waals surface area (Å²) in [6.07, 6.45) is 6.50. The maximum absolute atomic E-state index is 13.3. The molecule has 1 aliphatic carbocycles. The van der Waals surface area contributed by atoms with E-state index in [9.17, 15) is 4.39 Å². The summed E-state index contributed by atoms with van der Waals surface area (Å²) in [5, 5.41) is 5.33. The van der Waals surface area contributed by atoms with Gasteiger partial charge in [-0.3, -0.25) is 9.83 Å². The van der Waals surface area contributed by atoms with Crippen LogP contribution < -0.4 is 5.32 Å². The molecule has 27 heavy (non-hydrogen) atoms. The highest BCUT2D eigenvalue weighted by molar-refractivity contribution is 6.00. The average Bonchev–Trinajstić information content (AvgIpc) is 3.54. The number of anilines is 1. The Labute approximate surface area is 159 Å². The molecule has 1 saturated heterocycles. The van der Waals surface area contributed by atoms with Crippen LogP contribution in [0, 0.1) is 5.82 Å². The van der Waals surface area contributed by atoms with Crippen LogP contribution >= 0.6 is 0 Å². The van der Waals surface area contributed by atoms with Crippen molar-refractivity contribution in [2.75, 3.05) is 18.5 Å². The van der Waals surface area contributed by atoms with Crippen molar-refractivity contribution in [2.24, 2.45) is 4.99 Å². The van der Waals surface area contributed by atoms with Crippen molar-refractivity contribution in [1.29, 1.82) is 0 Å². The molecule has 5 heteroatoms. The minimum absolute atomic E-state index is 0.247. The summed E-state index contributed by atoms with van der Waals surface area (Å²) in [4.78, 5) is 10.7. The normalized spacial score (nSPS) is 18.5. The van der Waals surface area contributed by atoms with Gasteiger partial charge in [0.05, 0.1) is 12.6 Å². The standard InChI is InChI=1S/C22H24FN3O/c23-18-8-10-19(11-9-18)24-21(17-6-2-1-3-7-17)16-22(25-20-12-13-20)26-14-4-5-15-27-26/h1-3,6-11,16,20,24H,4-5,12-15H2/b21-16-,25-22-. The third kappa shape index (κ3) is 4.95. The average molecular weight is 365 g/mol. The van der Waals surface area contributed by atoms with E-state index < -0.39 is 0 Å². The van der Waals surface area contributed by atoms with E-state index in [1.165, 1.54) is 12.1 Å². The quantitative estimate of drug-likeness (QED) is 0.607. The fourth-order valence-corrected chi connectivity index (χ4v) is 2.97. The lowest BCUT2D eigenvalue weighted by Crippen LogP contribution is -2.35. The SMILES string of the molecule is Fc1ccc(N/C(=C\C(=N\C2CC2)N2CCCCO2)c2ccccc2)cc1. The van der Waals surface area contributed by atoms with Gasteiger partial charge in [0, 0.05) is 24.0 Å². The van der Waals surface area contributed by atoms with Gasteiger partial charge in [0.25, 0.3) is 0 Å². The minimum Gasteiger partial charge on any atom is -0.355 e. The molecule has 4 nitrogen and oxygen atoms in total. The number of halogens is 1. The lowest BCUT2D eigenvalue weighted by atomic mass is 10.1. The number of nitrogens with zero attached hydrogens (tertiary/aromatic N) is 2. The Morgan fingerprint density at radius 3 is 2.52 bits per heavy atom. The molecule has 1 saturated carbocycles. The zero-order chi connectivity index (χ0) is 18.5. The molecule has 2 aliphatic rings. The topological polar surface area (TPSA) is 36.9 Å². The second kappa shape index (κ2) is 8.35. The van der Waals surface area contributed by atoms with Gasteiger partial charge < -0.3 is 5.32 Å². The van der Waals surface area contributed by atoms with E-state index in [2.05, 4.69) is 5.32 Å². The molecule has 0 radical (unpaired) electrons. The number of hydrogen-bond acceptors (Lipinski definition) is 3. The summed E-state index contributed by atoms with van der Waals surface area (Å²) >= 11 is 0. The lowest BCUT2D eigenvalue weighted by Gasteiger charge is -2.28. The Morgan fingerprint density at radius 1 is 1.07 bits per heavy atom. The first kappa shape index (κ1) is 17.7. The summed E-state index contributed by atoms with van der Waals surface area (Å²) < 4.78 is 13.3. The van der Waals surface area contributed by atoms with Gasteiger partial charge in [-0.05, 0) is 55.5 Å². The van der Waals surface area contributed by atoms with Crippen LogP contribution in [0.3, 0.4) is 0 Å². The number of hydroxylamine groups is 2. The molecule has 0 aromatic heterocycles. The summed E-state index contributed by atoms with van der Waals surface area (Å²) in [5.41, 5.74) is 2.79.